The van der Waals surface area contributed by atoms with Crippen LogP contribution >= 0.6 is 0 Å². The zero-order valence-corrected chi connectivity index (χ0v) is 11.4. The van der Waals surface area contributed by atoms with Crippen molar-refractivity contribution in [1.29, 1.82) is 0 Å². The molecule has 19 heavy (non-hydrogen) atoms. The van der Waals surface area contributed by atoms with E-state index in [1.54, 1.807) is 19.1 Å². The van der Waals surface area contributed by atoms with Crippen molar-refractivity contribution in [2.45, 2.75) is 44.7 Å². The number of rotatable bonds is 4. The average Bonchev–Trinajstić information content (AvgIpc) is 2.76. The molecule has 0 saturated carbocycles. The van der Waals surface area contributed by atoms with E-state index >= 15 is 0 Å². The first-order chi connectivity index (χ1) is 8.95. The summed E-state index contributed by atoms with van der Waals surface area (Å²) >= 11 is 0. The highest BCUT2D eigenvalue weighted by atomic mass is 19.1. The molecule has 0 spiro atoms. The Kier molecular flexibility index (Phi) is 3.90. The van der Waals surface area contributed by atoms with Crippen LogP contribution in [0.5, 0.6) is 0 Å². The first kappa shape index (κ1) is 14.0. The lowest BCUT2D eigenvalue weighted by Crippen LogP contribution is -2.52. The van der Waals surface area contributed by atoms with Crippen LogP contribution in [0.3, 0.4) is 0 Å². The Balaban J connectivity index is 2.14. The highest BCUT2D eigenvalue weighted by Gasteiger charge is 2.45. The predicted octanol–water partition coefficient (Wildman–Crippen LogP) is 2.70. The molecule has 1 aliphatic rings. The Morgan fingerprint density at radius 3 is 2.84 bits per heavy atom. The van der Waals surface area contributed by atoms with Gasteiger partial charge in [0.2, 0.25) is 0 Å². The summed E-state index contributed by atoms with van der Waals surface area (Å²) in [6.07, 6.45) is 2.07. The number of carboxylic acid groups (broad SMARTS) is 1. The maximum atomic E-state index is 13.7. The van der Waals surface area contributed by atoms with Gasteiger partial charge < -0.3 is 5.11 Å². The molecule has 2 unspecified atom stereocenters. The molecule has 0 amide bonds. The van der Waals surface area contributed by atoms with Crippen LogP contribution in [-0.2, 0) is 11.2 Å². The Hall–Kier alpha value is -1.42. The number of carboxylic acids is 1. The normalized spacial score (nSPS) is 25.4. The summed E-state index contributed by atoms with van der Waals surface area (Å²) < 4.78 is 13.7. The third kappa shape index (κ3) is 2.63. The lowest BCUT2D eigenvalue weighted by molar-refractivity contribution is -0.149. The molecule has 1 aliphatic heterocycles. The zero-order chi connectivity index (χ0) is 14.0. The van der Waals surface area contributed by atoms with Crippen molar-refractivity contribution in [3.8, 4) is 0 Å². The van der Waals surface area contributed by atoms with E-state index in [2.05, 4.69) is 0 Å². The Morgan fingerprint density at radius 1 is 1.53 bits per heavy atom. The van der Waals surface area contributed by atoms with Gasteiger partial charge in [-0.15, -0.1) is 0 Å². The van der Waals surface area contributed by atoms with Crippen molar-refractivity contribution in [1.82, 2.24) is 4.90 Å². The van der Waals surface area contributed by atoms with Crippen LogP contribution in [0.15, 0.2) is 24.3 Å². The standard InChI is InChI=1S/C15H20FNO2/c1-11(10-12-6-3-4-7-13(12)16)17-9-5-8-15(17,2)14(18)19/h3-4,6-7,11H,5,8-10H2,1-2H3,(H,18,19). The van der Waals surface area contributed by atoms with Crippen molar-refractivity contribution < 1.29 is 14.3 Å². The summed E-state index contributed by atoms with van der Waals surface area (Å²) in [4.78, 5) is 13.4. The monoisotopic (exact) mass is 265 g/mol. The zero-order valence-electron chi connectivity index (χ0n) is 11.4. The maximum Gasteiger partial charge on any atom is 0.323 e. The minimum absolute atomic E-state index is 0.0144. The van der Waals surface area contributed by atoms with Gasteiger partial charge in [-0.25, -0.2) is 4.39 Å². The Morgan fingerprint density at radius 2 is 2.21 bits per heavy atom. The first-order valence-corrected chi connectivity index (χ1v) is 6.68. The molecule has 2 atom stereocenters. The Bertz CT molecular complexity index is 477. The number of likely N-dealkylation sites (tertiary alicyclic amines) is 1. The molecular weight excluding hydrogens is 245 g/mol. The second kappa shape index (κ2) is 5.29. The van der Waals surface area contributed by atoms with E-state index < -0.39 is 11.5 Å². The molecule has 1 saturated heterocycles. The lowest BCUT2D eigenvalue weighted by atomic mass is 9.96. The van der Waals surface area contributed by atoms with Gasteiger partial charge in [0.15, 0.2) is 0 Å². The van der Waals surface area contributed by atoms with Gasteiger partial charge in [0, 0.05) is 6.04 Å². The molecule has 104 valence electrons. The SMILES string of the molecule is CC(Cc1ccccc1F)N1CCCC1(C)C(=O)O. The van der Waals surface area contributed by atoms with E-state index in [0.717, 1.165) is 13.0 Å². The summed E-state index contributed by atoms with van der Waals surface area (Å²) in [5.74, 6) is -1.00. The van der Waals surface area contributed by atoms with Crippen molar-refractivity contribution >= 4 is 5.97 Å². The number of hydrogen-bond acceptors (Lipinski definition) is 2. The molecule has 0 aromatic heterocycles. The molecular formula is C15H20FNO2. The second-order valence-electron chi connectivity index (χ2n) is 5.52. The van der Waals surface area contributed by atoms with E-state index in [1.807, 2.05) is 17.9 Å². The van der Waals surface area contributed by atoms with Crippen molar-refractivity contribution in [3.63, 3.8) is 0 Å². The quantitative estimate of drug-likeness (QED) is 0.910. The molecule has 1 aromatic rings. The van der Waals surface area contributed by atoms with E-state index in [1.165, 1.54) is 6.07 Å². The molecule has 3 nitrogen and oxygen atoms in total. The Labute approximate surface area is 113 Å². The molecule has 0 radical (unpaired) electrons. The number of benzene rings is 1. The van der Waals surface area contributed by atoms with Gasteiger partial charge in [0.05, 0.1) is 0 Å². The number of carbonyl (C=O) groups is 1. The third-order valence-corrected chi connectivity index (χ3v) is 4.16. The minimum Gasteiger partial charge on any atom is -0.480 e. The maximum absolute atomic E-state index is 13.7. The fourth-order valence-electron chi connectivity index (χ4n) is 3.01. The highest BCUT2D eigenvalue weighted by molar-refractivity contribution is 5.78. The van der Waals surface area contributed by atoms with Gasteiger partial charge in [-0.1, -0.05) is 18.2 Å². The van der Waals surface area contributed by atoms with Crippen LogP contribution < -0.4 is 0 Å². The van der Waals surface area contributed by atoms with Gasteiger partial charge in [-0.05, 0) is 51.3 Å². The fourth-order valence-corrected chi connectivity index (χ4v) is 3.01. The molecule has 4 heteroatoms. The molecule has 1 aromatic carbocycles. The van der Waals surface area contributed by atoms with E-state index in [4.69, 9.17) is 0 Å². The van der Waals surface area contributed by atoms with Crippen molar-refractivity contribution in [2.24, 2.45) is 0 Å². The van der Waals surface area contributed by atoms with E-state index in [-0.39, 0.29) is 11.9 Å². The van der Waals surface area contributed by atoms with Gasteiger partial charge in [0.25, 0.3) is 0 Å². The van der Waals surface area contributed by atoms with Crippen molar-refractivity contribution in [2.75, 3.05) is 6.54 Å². The summed E-state index contributed by atoms with van der Waals surface area (Å²) in [5.41, 5.74) is -0.167. The van der Waals surface area contributed by atoms with Gasteiger partial charge >= 0.3 is 5.97 Å². The topological polar surface area (TPSA) is 40.5 Å². The number of aliphatic carboxylic acids is 1. The smallest absolute Gasteiger partial charge is 0.323 e. The van der Waals surface area contributed by atoms with Crippen LogP contribution in [0, 0.1) is 5.82 Å². The summed E-state index contributed by atoms with van der Waals surface area (Å²) in [7, 11) is 0. The molecule has 0 aliphatic carbocycles. The van der Waals surface area contributed by atoms with Crippen LogP contribution in [0.2, 0.25) is 0 Å². The molecule has 2 rings (SSSR count). The fraction of sp³-hybridized carbons (Fsp3) is 0.533. The average molecular weight is 265 g/mol. The van der Waals surface area contributed by atoms with Crippen LogP contribution in [0.4, 0.5) is 4.39 Å². The van der Waals surface area contributed by atoms with Gasteiger partial charge in [0.1, 0.15) is 11.4 Å². The van der Waals surface area contributed by atoms with Crippen molar-refractivity contribution in [3.05, 3.63) is 35.6 Å². The number of nitrogens with zero attached hydrogens (tertiary/aromatic N) is 1. The molecule has 1 heterocycles. The van der Waals surface area contributed by atoms with Crippen LogP contribution in [0.1, 0.15) is 32.3 Å². The largest absolute Gasteiger partial charge is 0.480 e. The number of hydrogen-bond donors (Lipinski definition) is 1. The summed E-state index contributed by atoms with van der Waals surface area (Å²) in [6.45, 7) is 4.50. The van der Waals surface area contributed by atoms with Crippen LogP contribution in [-0.4, -0.2) is 34.1 Å². The summed E-state index contributed by atoms with van der Waals surface area (Å²) in [5, 5.41) is 9.40. The minimum atomic E-state index is -0.815. The lowest BCUT2D eigenvalue weighted by Gasteiger charge is -2.36. The first-order valence-electron chi connectivity index (χ1n) is 6.68. The van der Waals surface area contributed by atoms with E-state index in [0.29, 0.717) is 18.4 Å². The highest BCUT2D eigenvalue weighted by Crippen LogP contribution is 2.32. The summed E-state index contributed by atoms with van der Waals surface area (Å²) in [6, 6.07) is 6.70. The molecule has 1 N–H and O–H groups in total. The third-order valence-electron chi connectivity index (χ3n) is 4.16. The van der Waals surface area contributed by atoms with E-state index in [9.17, 15) is 14.3 Å². The van der Waals surface area contributed by atoms with Gasteiger partial charge in [-0.2, -0.15) is 0 Å². The molecule has 0 bridgehead atoms. The second-order valence-corrected chi connectivity index (χ2v) is 5.52. The predicted molar refractivity (Wildman–Crippen MR) is 71.5 cm³/mol. The number of halogens is 1. The van der Waals surface area contributed by atoms with Gasteiger partial charge in [-0.3, -0.25) is 9.69 Å². The van der Waals surface area contributed by atoms with Crippen LogP contribution in [0.25, 0.3) is 0 Å². The molecule has 1 fully saturated rings.